The molecule has 0 aliphatic rings. The molecule has 0 atom stereocenters. The maximum Gasteiger partial charge on any atom is 0.201 e. The predicted molar refractivity (Wildman–Crippen MR) is 134 cm³/mol. The van der Waals surface area contributed by atoms with Crippen molar-refractivity contribution in [2.24, 2.45) is 0 Å². The van der Waals surface area contributed by atoms with E-state index < -0.39 is 23.3 Å². The van der Waals surface area contributed by atoms with Crippen molar-refractivity contribution in [2.75, 3.05) is 6.61 Å². The first kappa shape index (κ1) is 25.0. The average molecular weight is 493 g/mol. The van der Waals surface area contributed by atoms with Gasteiger partial charge in [0.2, 0.25) is 5.82 Å². The summed E-state index contributed by atoms with van der Waals surface area (Å²) >= 11 is 0. The van der Waals surface area contributed by atoms with Gasteiger partial charge in [0.1, 0.15) is 12.4 Å². The molecule has 184 valence electrons. The Morgan fingerprint density at radius 2 is 1.22 bits per heavy atom. The van der Waals surface area contributed by atoms with Crippen LogP contribution in [0.15, 0.2) is 78.9 Å². The second-order valence-corrected chi connectivity index (χ2v) is 8.01. The second-order valence-electron chi connectivity index (χ2n) is 8.01. The molecule has 2 nitrogen and oxygen atoms in total. The van der Waals surface area contributed by atoms with Crippen LogP contribution in [0.3, 0.4) is 0 Å². The van der Waals surface area contributed by atoms with Crippen LogP contribution in [0, 0.1) is 23.3 Å². The third kappa shape index (κ3) is 5.28. The molecule has 0 spiro atoms. The minimum Gasteiger partial charge on any atom is -0.491 e. The highest BCUT2D eigenvalue weighted by molar-refractivity contribution is 5.67. The third-order valence-electron chi connectivity index (χ3n) is 5.65. The van der Waals surface area contributed by atoms with Crippen LogP contribution < -0.4 is 9.47 Å². The summed E-state index contributed by atoms with van der Waals surface area (Å²) in [6.07, 6.45) is 3.82. The number of hydrogen-bond donors (Lipinski definition) is 0. The van der Waals surface area contributed by atoms with E-state index in [1.165, 1.54) is 24.3 Å². The lowest BCUT2D eigenvalue weighted by atomic mass is 10.0. The summed E-state index contributed by atoms with van der Waals surface area (Å²) in [5.41, 5.74) is 2.27. The second kappa shape index (κ2) is 11.1. The standard InChI is InChI=1S/C30H24F4O2/c1-3-5-19-6-8-20(9-7-19)24-15-12-22(27(31)28(24)32)18-36-23-13-10-21(11-14-23)25-16-17-26(35-4-2)30(34)29(25)33/h3,5-17H,4,18H2,1-2H3. The van der Waals surface area contributed by atoms with Gasteiger partial charge in [-0.25, -0.2) is 13.2 Å². The monoisotopic (exact) mass is 492 g/mol. The topological polar surface area (TPSA) is 18.5 Å². The highest BCUT2D eigenvalue weighted by Crippen LogP contribution is 2.32. The molecule has 0 radical (unpaired) electrons. The zero-order valence-corrected chi connectivity index (χ0v) is 19.8. The quantitative estimate of drug-likeness (QED) is 0.229. The third-order valence-corrected chi connectivity index (χ3v) is 5.65. The number of rotatable bonds is 8. The molecule has 36 heavy (non-hydrogen) atoms. The molecule has 0 heterocycles. The van der Waals surface area contributed by atoms with Crippen molar-refractivity contribution in [3.63, 3.8) is 0 Å². The summed E-state index contributed by atoms with van der Waals surface area (Å²) < 4.78 is 68.9. The molecule has 0 fully saturated rings. The Bertz CT molecular complexity index is 1380. The predicted octanol–water partition coefficient (Wildman–Crippen LogP) is 8.59. The van der Waals surface area contributed by atoms with E-state index in [1.54, 1.807) is 43.3 Å². The largest absolute Gasteiger partial charge is 0.491 e. The normalized spacial score (nSPS) is 11.2. The molecular formula is C30H24F4O2. The summed E-state index contributed by atoms with van der Waals surface area (Å²) in [4.78, 5) is 0. The number of hydrogen-bond acceptors (Lipinski definition) is 2. The Kier molecular flexibility index (Phi) is 7.74. The van der Waals surface area contributed by atoms with Crippen molar-refractivity contribution in [1.82, 2.24) is 0 Å². The van der Waals surface area contributed by atoms with Crippen LogP contribution in [-0.2, 0) is 6.61 Å². The molecule has 4 rings (SSSR count). The average Bonchev–Trinajstić information content (AvgIpc) is 2.89. The highest BCUT2D eigenvalue weighted by Gasteiger charge is 2.17. The molecule has 0 saturated carbocycles. The maximum absolute atomic E-state index is 14.8. The molecule has 0 aromatic heterocycles. The SMILES string of the molecule is CC=Cc1ccc(-c2ccc(COc3ccc(-c4ccc(OCC)c(F)c4F)cc3)c(F)c2F)cc1. The molecule has 0 amide bonds. The van der Waals surface area contributed by atoms with Crippen molar-refractivity contribution in [1.29, 1.82) is 0 Å². The van der Waals surface area contributed by atoms with Gasteiger partial charge in [-0.2, -0.15) is 4.39 Å². The summed E-state index contributed by atoms with van der Waals surface area (Å²) in [7, 11) is 0. The summed E-state index contributed by atoms with van der Waals surface area (Å²) in [6, 6.07) is 19.2. The molecule has 0 N–H and O–H groups in total. The van der Waals surface area contributed by atoms with Gasteiger partial charge in [-0.3, -0.25) is 0 Å². The lowest BCUT2D eigenvalue weighted by molar-refractivity contribution is 0.297. The zero-order valence-electron chi connectivity index (χ0n) is 19.8. The highest BCUT2D eigenvalue weighted by atomic mass is 19.2. The van der Waals surface area contributed by atoms with E-state index >= 15 is 0 Å². The van der Waals surface area contributed by atoms with Crippen molar-refractivity contribution >= 4 is 6.08 Å². The van der Waals surface area contributed by atoms with E-state index in [1.807, 2.05) is 31.2 Å². The number of benzene rings is 4. The Morgan fingerprint density at radius 3 is 1.83 bits per heavy atom. The van der Waals surface area contributed by atoms with Gasteiger partial charge in [0, 0.05) is 16.7 Å². The van der Waals surface area contributed by atoms with Crippen LogP contribution in [0.2, 0.25) is 0 Å². The fourth-order valence-corrected chi connectivity index (χ4v) is 3.80. The van der Waals surface area contributed by atoms with Crippen LogP contribution in [0.4, 0.5) is 17.6 Å². The van der Waals surface area contributed by atoms with Gasteiger partial charge < -0.3 is 9.47 Å². The van der Waals surface area contributed by atoms with Crippen LogP contribution >= 0.6 is 0 Å². The first-order chi connectivity index (χ1) is 17.4. The van der Waals surface area contributed by atoms with Crippen molar-refractivity contribution in [3.05, 3.63) is 113 Å². The van der Waals surface area contributed by atoms with Crippen LogP contribution in [-0.4, -0.2) is 6.61 Å². The molecule has 0 unspecified atom stereocenters. The Morgan fingerprint density at radius 1 is 0.639 bits per heavy atom. The van der Waals surface area contributed by atoms with Gasteiger partial charge in [0.15, 0.2) is 23.2 Å². The van der Waals surface area contributed by atoms with E-state index in [2.05, 4.69) is 0 Å². The molecular weight excluding hydrogens is 468 g/mol. The van der Waals surface area contributed by atoms with E-state index in [-0.39, 0.29) is 35.7 Å². The maximum atomic E-state index is 14.8. The minimum atomic E-state index is -1.05. The zero-order chi connectivity index (χ0) is 25.7. The Balaban J connectivity index is 1.47. The molecule has 6 heteroatoms. The molecule has 0 bridgehead atoms. The first-order valence-corrected chi connectivity index (χ1v) is 11.5. The summed E-state index contributed by atoms with van der Waals surface area (Å²) in [6.45, 7) is 3.61. The molecule has 0 aliphatic heterocycles. The Labute approximate surface area is 207 Å². The van der Waals surface area contributed by atoms with Gasteiger partial charge in [0.25, 0.3) is 0 Å². The minimum absolute atomic E-state index is 0.0606. The van der Waals surface area contributed by atoms with Crippen molar-refractivity contribution in [3.8, 4) is 33.8 Å². The smallest absolute Gasteiger partial charge is 0.201 e. The van der Waals surface area contributed by atoms with Crippen LogP contribution in [0.25, 0.3) is 28.3 Å². The van der Waals surface area contributed by atoms with Gasteiger partial charge in [-0.1, -0.05) is 60.7 Å². The number of allylic oxidation sites excluding steroid dienone is 1. The fourth-order valence-electron chi connectivity index (χ4n) is 3.80. The van der Waals surface area contributed by atoms with E-state index in [4.69, 9.17) is 9.47 Å². The molecule has 0 aliphatic carbocycles. The van der Waals surface area contributed by atoms with Crippen molar-refractivity contribution < 1.29 is 27.0 Å². The fraction of sp³-hybridized carbons (Fsp3) is 0.133. The molecule has 4 aromatic carbocycles. The first-order valence-electron chi connectivity index (χ1n) is 11.5. The number of ether oxygens (including phenoxy) is 2. The van der Waals surface area contributed by atoms with E-state index in [9.17, 15) is 17.6 Å². The number of halogens is 4. The van der Waals surface area contributed by atoms with E-state index in [0.717, 1.165) is 5.56 Å². The lowest BCUT2D eigenvalue weighted by Crippen LogP contribution is -2.02. The van der Waals surface area contributed by atoms with Gasteiger partial charge in [0.05, 0.1) is 6.61 Å². The molecule has 4 aromatic rings. The van der Waals surface area contributed by atoms with Crippen LogP contribution in [0.1, 0.15) is 25.0 Å². The van der Waals surface area contributed by atoms with Crippen LogP contribution in [0.5, 0.6) is 11.5 Å². The summed E-state index contributed by atoms with van der Waals surface area (Å²) in [5.74, 6) is -3.77. The van der Waals surface area contributed by atoms with E-state index in [0.29, 0.717) is 16.9 Å². The van der Waals surface area contributed by atoms with Crippen molar-refractivity contribution in [2.45, 2.75) is 20.5 Å². The lowest BCUT2D eigenvalue weighted by Gasteiger charge is -2.12. The summed E-state index contributed by atoms with van der Waals surface area (Å²) in [5, 5.41) is 0. The van der Waals surface area contributed by atoms with Gasteiger partial charge in [-0.05, 0) is 54.8 Å². The Hall–Kier alpha value is -4.06. The molecule has 0 saturated heterocycles. The van der Waals surface area contributed by atoms with Gasteiger partial charge in [-0.15, -0.1) is 0 Å². The van der Waals surface area contributed by atoms with Gasteiger partial charge >= 0.3 is 0 Å².